The zero-order valence-electron chi connectivity index (χ0n) is 18.7. The highest BCUT2D eigenvalue weighted by atomic mass is 35.5. The number of hydrogen-bond acceptors (Lipinski definition) is 5. The molecule has 1 aliphatic rings. The fourth-order valence-corrected chi connectivity index (χ4v) is 4.45. The van der Waals surface area contributed by atoms with Gasteiger partial charge >= 0.3 is 12.1 Å². The number of pyridine rings is 1. The Balaban J connectivity index is 1.79. The van der Waals surface area contributed by atoms with Gasteiger partial charge in [0.25, 0.3) is 11.5 Å². The van der Waals surface area contributed by atoms with Crippen molar-refractivity contribution in [3.05, 3.63) is 45.3 Å². The summed E-state index contributed by atoms with van der Waals surface area (Å²) < 4.78 is 45.0. The molecule has 1 amide bonds. The van der Waals surface area contributed by atoms with Crippen LogP contribution in [0.3, 0.4) is 0 Å². The lowest BCUT2D eigenvalue weighted by Gasteiger charge is -2.36. The number of amides is 1. The van der Waals surface area contributed by atoms with Crippen molar-refractivity contribution < 1.29 is 32.6 Å². The normalized spacial score (nSPS) is 21.8. The largest absolute Gasteiger partial charge is 0.464 e. The number of carbonyl (C=O) groups excluding carboxylic acids is 2. The zero-order valence-corrected chi connectivity index (χ0v) is 19.5. The molecule has 186 valence electrons. The maximum atomic E-state index is 13.0. The Kier molecular flexibility index (Phi) is 7.62. The summed E-state index contributed by atoms with van der Waals surface area (Å²) in [5.74, 6) is -2.58. The van der Waals surface area contributed by atoms with Gasteiger partial charge in [-0.05, 0) is 50.8 Å². The zero-order chi connectivity index (χ0) is 25.3. The van der Waals surface area contributed by atoms with Crippen molar-refractivity contribution in [1.82, 2.24) is 9.88 Å². The standard InChI is InChI=1S/C23H26ClF3N2O5/c1-13(11-34-14(2)30)29-10-7-16-17(21(29)32)3-4-18(24)19(16)20(31)28-12-22(33)8-5-15(6-9-22)23(25,26)27/h3-4,7,10,13,15,33H,5-6,8-9,11-12H2,1-2H3,(H,28,31)/t13-,15?,22?/m1/s1. The van der Waals surface area contributed by atoms with E-state index in [0.29, 0.717) is 5.39 Å². The molecule has 0 aliphatic heterocycles. The number of nitrogens with one attached hydrogen (secondary N) is 1. The number of aliphatic hydroxyl groups is 1. The molecule has 2 aromatic rings. The Morgan fingerprint density at radius 3 is 2.50 bits per heavy atom. The second kappa shape index (κ2) is 9.95. The molecule has 0 unspecified atom stereocenters. The summed E-state index contributed by atoms with van der Waals surface area (Å²) in [5, 5.41) is 13.8. The Hall–Kier alpha value is -2.59. The van der Waals surface area contributed by atoms with E-state index in [1.807, 2.05) is 0 Å². The fraction of sp³-hybridized carbons (Fsp3) is 0.522. The highest BCUT2D eigenvalue weighted by Crippen LogP contribution is 2.41. The van der Waals surface area contributed by atoms with Crippen LogP contribution in [-0.2, 0) is 9.53 Å². The molecule has 7 nitrogen and oxygen atoms in total. The lowest BCUT2D eigenvalue weighted by molar-refractivity contribution is -0.191. The van der Waals surface area contributed by atoms with Crippen molar-refractivity contribution in [2.24, 2.45) is 5.92 Å². The molecular formula is C23H26ClF3N2O5. The van der Waals surface area contributed by atoms with Crippen molar-refractivity contribution in [3.63, 3.8) is 0 Å². The lowest BCUT2D eigenvalue weighted by Crippen LogP contribution is -2.47. The van der Waals surface area contributed by atoms with E-state index in [9.17, 15) is 32.7 Å². The van der Waals surface area contributed by atoms with Gasteiger partial charge in [-0.1, -0.05) is 11.6 Å². The first-order valence-electron chi connectivity index (χ1n) is 10.9. The molecule has 11 heteroatoms. The summed E-state index contributed by atoms with van der Waals surface area (Å²) in [6.45, 7) is 2.73. The van der Waals surface area contributed by atoms with E-state index < -0.39 is 41.2 Å². The molecular weight excluding hydrogens is 477 g/mol. The molecule has 1 aliphatic carbocycles. The molecule has 1 aromatic heterocycles. The van der Waals surface area contributed by atoms with Crippen LogP contribution in [0, 0.1) is 5.92 Å². The third kappa shape index (κ3) is 5.72. The lowest BCUT2D eigenvalue weighted by atomic mass is 9.78. The third-order valence-electron chi connectivity index (χ3n) is 6.25. The topological polar surface area (TPSA) is 97.6 Å². The van der Waals surface area contributed by atoms with Gasteiger partial charge in [0.05, 0.1) is 28.1 Å². The molecule has 0 bridgehead atoms. The summed E-state index contributed by atoms with van der Waals surface area (Å²) in [6.07, 6.45) is -3.44. The van der Waals surface area contributed by atoms with Gasteiger partial charge in [-0.3, -0.25) is 14.4 Å². The van der Waals surface area contributed by atoms with Crippen molar-refractivity contribution in [3.8, 4) is 0 Å². The van der Waals surface area contributed by atoms with E-state index in [2.05, 4.69) is 5.32 Å². The maximum Gasteiger partial charge on any atom is 0.391 e. The van der Waals surface area contributed by atoms with Crippen LogP contribution in [0.4, 0.5) is 13.2 Å². The van der Waals surface area contributed by atoms with Gasteiger partial charge in [0.1, 0.15) is 6.61 Å². The number of benzene rings is 1. The summed E-state index contributed by atoms with van der Waals surface area (Å²) in [6, 6.07) is 3.99. The second-order valence-corrected chi connectivity index (χ2v) is 9.19. The van der Waals surface area contributed by atoms with Crippen LogP contribution in [0.5, 0.6) is 0 Å². The minimum absolute atomic E-state index is 0.00451. The van der Waals surface area contributed by atoms with E-state index >= 15 is 0 Å². The number of ether oxygens (including phenoxy) is 1. The Bertz CT molecular complexity index is 1140. The smallest absolute Gasteiger partial charge is 0.391 e. The van der Waals surface area contributed by atoms with Gasteiger partial charge in [0, 0.05) is 30.4 Å². The van der Waals surface area contributed by atoms with Crippen molar-refractivity contribution in [1.29, 1.82) is 0 Å². The molecule has 1 atom stereocenters. The number of alkyl halides is 3. The molecule has 3 rings (SSSR count). The molecule has 1 aromatic carbocycles. The summed E-state index contributed by atoms with van der Waals surface area (Å²) in [4.78, 5) is 37.0. The number of esters is 1. The minimum atomic E-state index is -4.30. The minimum Gasteiger partial charge on any atom is -0.464 e. The van der Waals surface area contributed by atoms with E-state index in [1.165, 1.54) is 29.8 Å². The number of nitrogens with zero attached hydrogens (tertiary/aromatic N) is 1. The molecule has 0 radical (unpaired) electrons. The van der Waals surface area contributed by atoms with Gasteiger partial charge < -0.3 is 19.7 Å². The maximum absolute atomic E-state index is 13.0. The summed E-state index contributed by atoms with van der Waals surface area (Å²) >= 11 is 6.25. The third-order valence-corrected chi connectivity index (χ3v) is 6.56. The van der Waals surface area contributed by atoms with Gasteiger partial charge in [-0.25, -0.2) is 0 Å². The first kappa shape index (κ1) is 26.0. The molecule has 1 heterocycles. The predicted octanol–water partition coefficient (Wildman–Crippen LogP) is 3.99. The first-order valence-corrected chi connectivity index (χ1v) is 11.2. The molecule has 0 saturated heterocycles. The van der Waals surface area contributed by atoms with Gasteiger partial charge in [-0.2, -0.15) is 13.2 Å². The molecule has 2 N–H and O–H groups in total. The molecule has 1 saturated carbocycles. The van der Waals surface area contributed by atoms with E-state index in [0.717, 1.165) is 0 Å². The second-order valence-electron chi connectivity index (χ2n) is 8.79. The average Bonchev–Trinajstić information content (AvgIpc) is 2.75. The number of fused-ring (bicyclic) bond motifs is 1. The molecule has 34 heavy (non-hydrogen) atoms. The number of halogens is 4. The van der Waals surface area contributed by atoms with Crippen LogP contribution in [0.2, 0.25) is 5.02 Å². The van der Waals surface area contributed by atoms with E-state index in [1.54, 1.807) is 13.0 Å². The number of rotatable bonds is 6. The highest BCUT2D eigenvalue weighted by molar-refractivity contribution is 6.35. The number of carbonyl (C=O) groups is 2. The van der Waals surface area contributed by atoms with Gasteiger partial charge in [0.2, 0.25) is 0 Å². The Morgan fingerprint density at radius 1 is 1.26 bits per heavy atom. The predicted molar refractivity (Wildman–Crippen MR) is 120 cm³/mol. The molecule has 1 fully saturated rings. The van der Waals surface area contributed by atoms with Crippen LogP contribution in [0.25, 0.3) is 10.8 Å². The number of hydrogen-bond donors (Lipinski definition) is 2. The quantitative estimate of drug-likeness (QED) is 0.582. The SMILES string of the molecule is CC(=O)OC[C@@H](C)n1ccc2c(C(=O)NCC3(O)CCC(C(F)(F)F)CC3)c(Cl)ccc2c1=O. The summed E-state index contributed by atoms with van der Waals surface area (Å²) in [7, 11) is 0. The average molecular weight is 503 g/mol. The Morgan fingerprint density at radius 2 is 1.91 bits per heavy atom. The Labute approximate surface area is 198 Å². The van der Waals surface area contributed by atoms with Crippen LogP contribution in [-0.4, -0.2) is 46.5 Å². The van der Waals surface area contributed by atoms with Crippen LogP contribution in [0.1, 0.15) is 55.9 Å². The van der Waals surface area contributed by atoms with Crippen molar-refractivity contribution in [2.75, 3.05) is 13.2 Å². The van der Waals surface area contributed by atoms with Gasteiger partial charge in [-0.15, -0.1) is 0 Å². The highest BCUT2D eigenvalue weighted by Gasteiger charge is 2.45. The molecule has 0 spiro atoms. The fourth-order valence-electron chi connectivity index (χ4n) is 4.20. The number of aromatic nitrogens is 1. The van der Waals surface area contributed by atoms with Gasteiger partial charge in [0.15, 0.2) is 0 Å². The monoisotopic (exact) mass is 502 g/mol. The van der Waals surface area contributed by atoms with Crippen molar-refractivity contribution >= 4 is 34.2 Å². The van der Waals surface area contributed by atoms with Crippen molar-refractivity contribution in [2.45, 2.75) is 57.3 Å². The van der Waals surface area contributed by atoms with E-state index in [-0.39, 0.29) is 54.8 Å². The summed E-state index contributed by atoms with van der Waals surface area (Å²) in [5.41, 5.74) is -1.83. The van der Waals surface area contributed by atoms with Crippen LogP contribution >= 0.6 is 11.6 Å². The van der Waals surface area contributed by atoms with Crippen LogP contribution < -0.4 is 10.9 Å². The first-order chi connectivity index (χ1) is 15.8. The van der Waals surface area contributed by atoms with Crippen LogP contribution in [0.15, 0.2) is 29.2 Å². The van der Waals surface area contributed by atoms with E-state index in [4.69, 9.17) is 16.3 Å².